The van der Waals surface area contributed by atoms with Crippen LogP contribution in [0, 0.1) is 11.7 Å². The number of nitrogens with zero attached hydrogens (tertiary/aromatic N) is 5. The van der Waals surface area contributed by atoms with Gasteiger partial charge in [0.2, 0.25) is 11.9 Å². The highest BCUT2D eigenvalue weighted by Gasteiger charge is 2.28. The fourth-order valence-corrected chi connectivity index (χ4v) is 4.12. The number of aromatic amines is 1. The van der Waals surface area contributed by atoms with Crippen LogP contribution in [0.4, 0.5) is 4.39 Å². The average molecular weight is 395 g/mol. The van der Waals surface area contributed by atoms with Gasteiger partial charge in [0.15, 0.2) is 5.65 Å². The Labute approximate surface area is 163 Å². The SMILES string of the molecule is NC(=O)[C@H]1CC[C@H](n2c(=O)[nH]c3cnc(-n4cnc5ccc(F)cc54)nc32)CC1. The zero-order valence-electron chi connectivity index (χ0n) is 15.4. The summed E-state index contributed by atoms with van der Waals surface area (Å²) in [6.07, 6.45) is 5.68. The Morgan fingerprint density at radius 1 is 1.21 bits per heavy atom. The van der Waals surface area contributed by atoms with E-state index in [-0.39, 0.29) is 29.4 Å². The van der Waals surface area contributed by atoms with Crippen LogP contribution in [0.1, 0.15) is 31.7 Å². The number of hydrogen-bond acceptors (Lipinski definition) is 5. The fraction of sp³-hybridized carbons (Fsp3) is 0.316. The number of nitrogens with one attached hydrogen (secondary N) is 1. The minimum absolute atomic E-state index is 0.0772. The number of rotatable bonds is 3. The molecule has 0 aliphatic heterocycles. The number of primary amides is 1. The summed E-state index contributed by atoms with van der Waals surface area (Å²) >= 11 is 0. The molecule has 0 saturated heterocycles. The maximum absolute atomic E-state index is 13.7. The average Bonchev–Trinajstić information content (AvgIpc) is 3.27. The second-order valence-corrected chi connectivity index (χ2v) is 7.36. The van der Waals surface area contributed by atoms with Gasteiger partial charge in [0.1, 0.15) is 17.7 Å². The Morgan fingerprint density at radius 3 is 2.76 bits per heavy atom. The van der Waals surface area contributed by atoms with E-state index in [9.17, 15) is 14.0 Å². The third-order valence-electron chi connectivity index (χ3n) is 5.63. The topological polar surface area (TPSA) is 124 Å². The molecule has 1 aromatic carbocycles. The zero-order valence-corrected chi connectivity index (χ0v) is 15.4. The predicted molar refractivity (Wildman–Crippen MR) is 103 cm³/mol. The molecule has 1 saturated carbocycles. The fourth-order valence-electron chi connectivity index (χ4n) is 4.12. The molecule has 0 spiro atoms. The molecule has 1 fully saturated rings. The van der Waals surface area contributed by atoms with Gasteiger partial charge in [0, 0.05) is 18.0 Å². The van der Waals surface area contributed by atoms with Gasteiger partial charge in [-0.1, -0.05) is 0 Å². The molecule has 29 heavy (non-hydrogen) atoms. The number of nitrogens with two attached hydrogens (primary N) is 1. The number of carbonyl (C=O) groups excluding carboxylic acids is 1. The van der Waals surface area contributed by atoms with Crippen LogP contribution < -0.4 is 11.4 Å². The summed E-state index contributed by atoms with van der Waals surface area (Å²) in [6.45, 7) is 0. The quantitative estimate of drug-likeness (QED) is 0.547. The number of amides is 1. The number of halogens is 1. The minimum atomic E-state index is -0.384. The molecule has 9 nitrogen and oxygen atoms in total. The molecule has 3 N–H and O–H groups in total. The van der Waals surface area contributed by atoms with Crippen molar-refractivity contribution in [3.8, 4) is 5.95 Å². The summed E-state index contributed by atoms with van der Waals surface area (Å²) in [5, 5.41) is 0. The van der Waals surface area contributed by atoms with Crippen LogP contribution in [0.15, 0.2) is 35.5 Å². The van der Waals surface area contributed by atoms with Crippen LogP contribution in [0.3, 0.4) is 0 Å². The van der Waals surface area contributed by atoms with E-state index in [4.69, 9.17) is 5.73 Å². The van der Waals surface area contributed by atoms with Gasteiger partial charge < -0.3 is 10.7 Å². The number of imidazole rings is 2. The normalized spacial score (nSPS) is 19.8. The number of carbonyl (C=O) groups is 1. The van der Waals surface area contributed by atoms with Gasteiger partial charge in [-0.2, -0.15) is 4.98 Å². The van der Waals surface area contributed by atoms with Gasteiger partial charge >= 0.3 is 5.69 Å². The molecule has 1 amide bonds. The molecular weight excluding hydrogens is 377 g/mol. The lowest BCUT2D eigenvalue weighted by Crippen LogP contribution is -2.31. The molecule has 0 atom stereocenters. The Kier molecular flexibility index (Phi) is 3.93. The van der Waals surface area contributed by atoms with Gasteiger partial charge in [-0.3, -0.25) is 13.9 Å². The van der Waals surface area contributed by atoms with Gasteiger partial charge in [0.25, 0.3) is 0 Å². The van der Waals surface area contributed by atoms with E-state index in [1.807, 2.05) is 0 Å². The highest BCUT2D eigenvalue weighted by Crippen LogP contribution is 2.32. The highest BCUT2D eigenvalue weighted by molar-refractivity contribution is 5.78. The Morgan fingerprint density at radius 2 is 2.00 bits per heavy atom. The second-order valence-electron chi connectivity index (χ2n) is 7.36. The highest BCUT2D eigenvalue weighted by atomic mass is 19.1. The lowest BCUT2D eigenvalue weighted by Gasteiger charge is -2.27. The first-order valence-corrected chi connectivity index (χ1v) is 9.41. The Bertz CT molecular complexity index is 1300. The summed E-state index contributed by atoms with van der Waals surface area (Å²) in [6, 6.07) is 4.22. The van der Waals surface area contributed by atoms with Crippen molar-refractivity contribution < 1.29 is 9.18 Å². The predicted octanol–water partition coefficient (Wildman–Crippen LogP) is 1.81. The summed E-state index contributed by atoms with van der Waals surface area (Å²) < 4.78 is 16.9. The van der Waals surface area contributed by atoms with Crippen LogP contribution in [0.25, 0.3) is 28.1 Å². The lowest BCUT2D eigenvalue weighted by molar-refractivity contribution is -0.122. The van der Waals surface area contributed by atoms with Crippen LogP contribution in [-0.4, -0.2) is 35.0 Å². The van der Waals surface area contributed by atoms with E-state index in [0.29, 0.717) is 53.8 Å². The maximum atomic E-state index is 13.7. The van der Waals surface area contributed by atoms with E-state index in [2.05, 4.69) is 19.9 Å². The van der Waals surface area contributed by atoms with Crippen molar-refractivity contribution in [2.24, 2.45) is 11.7 Å². The number of benzene rings is 1. The molecule has 1 aliphatic rings. The molecule has 10 heteroatoms. The van der Waals surface area contributed by atoms with Gasteiger partial charge in [0.05, 0.1) is 17.2 Å². The van der Waals surface area contributed by atoms with Gasteiger partial charge in [-0.05, 0) is 37.8 Å². The molecule has 1 aliphatic carbocycles. The minimum Gasteiger partial charge on any atom is -0.369 e. The van der Waals surface area contributed by atoms with Crippen LogP contribution in [0.2, 0.25) is 0 Å². The first-order chi connectivity index (χ1) is 14.0. The molecule has 0 unspecified atom stereocenters. The summed E-state index contributed by atoms with van der Waals surface area (Å²) in [5.74, 6) is -0.530. The summed E-state index contributed by atoms with van der Waals surface area (Å²) in [5.41, 5.74) is 7.29. The van der Waals surface area contributed by atoms with Crippen molar-refractivity contribution in [3.05, 3.63) is 47.0 Å². The lowest BCUT2D eigenvalue weighted by atomic mass is 9.85. The number of fused-ring (bicyclic) bond motifs is 2. The molecular formula is C19H18FN7O2. The van der Waals surface area contributed by atoms with Crippen molar-refractivity contribution in [3.63, 3.8) is 0 Å². The maximum Gasteiger partial charge on any atom is 0.327 e. The van der Waals surface area contributed by atoms with Crippen molar-refractivity contribution >= 4 is 28.1 Å². The zero-order chi connectivity index (χ0) is 20.1. The molecule has 3 aromatic heterocycles. The number of H-pyrrole nitrogens is 1. The Hall–Kier alpha value is -3.56. The largest absolute Gasteiger partial charge is 0.369 e. The van der Waals surface area contributed by atoms with E-state index < -0.39 is 0 Å². The molecule has 0 bridgehead atoms. The van der Waals surface area contributed by atoms with E-state index in [0.717, 1.165) is 0 Å². The van der Waals surface area contributed by atoms with Crippen molar-refractivity contribution in [2.45, 2.75) is 31.7 Å². The molecule has 0 radical (unpaired) electrons. The standard InChI is InChI=1S/C19H18FN7O2/c20-11-3-6-13-15(7-11)26(9-23-13)18-22-8-14-17(25-18)27(19(29)24-14)12-4-1-10(2-5-12)16(21)28/h3,6-10,12H,1-2,4-5H2,(H2,21,28)(H,24,29)/t10-,12-. The molecule has 5 rings (SSSR count). The smallest absolute Gasteiger partial charge is 0.327 e. The van der Waals surface area contributed by atoms with Crippen LogP contribution in [0.5, 0.6) is 0 Å². The van der Waals surface area contributed by atoms with Crippen molar-refractivity contribution in [1.29, 1.82) is 0 Å². The van der Waals surface area contributed by atoms with Crippen molar-refractivity contribution in [2.75, 3.05) is 0 Å². The number of hydrogen-bond donors (Lipinski definition) is 2. The van der Waals surface area contributed by atoms with E-state index in [1.165, 1.54) is 24.7 Å². The molecule has 148 valence electrons. The van der Waals surface area contributed by atoms with Crippen molar-refractivity contribution in [1.82, 2.24) is 29.1 Å². The Balaban J connectivity index is 1.58. The summed E-state index contributed by atoms with van der Waals surface area (Å²) in [7, 11) is 0. The molecule has 3 heterocycles. The molecule has 4 aromatic rings. The monoisotopic (exact) mass is 395 g/mol. The number of aromatic nitrogens is 6. The van der Waals surface area contributed by atoms with E-state index in [1.54, 1.807) is 15.2 Å². The van der Waals surface area contributed by atoms with Crippen LogP contribution >= 0.6 is 0 Å². The first-order valence-electron chi connectivity index (χ1n) is 9.41. The summed E-state index contributed by atoms with van der Waals surface area (Å²) in [4.78, 5) is 39.9. The van der Waals surface area contributed by atoms with Gasteiger partial charge in [-0.15, -0.1) is 0 Å². The van der Waals surface area contributed by atoms with Crippen LogP contribution in [-0.2, 0) is 4.79 Å². The first kappa shape index (κ1) is 17.5. The third-order valence-corrected chi connectivity index (χ3v) is 5.63. The third kappa shape index (κ3) is 2.87. The second kappa shape index (κ2) is 6.50. The van der Waals surface area contributed by atoms with Gasteiger partial charge in [-0.25, -0.2) is 19.2 Å². The van der Waals surface area contributed by atoms with E-state index >= 15 is 0 Å².